The van der Waals surface area contributed by atoms with Crippen LogP contribution in [0.1, 0.15) is 45.7 Å². The maximum Gasteiger partial charge on any atom is 0.150 e. The topological polar surface area (TPSA) is 63.1 Å². The van der Waals surface area contributed by atoms with Crippen molar-refractivity contribution in [1.82, 2.24) is 14.9 Å². The zero-order chi connectivity index (χ0) is 24.7. The summed E-state index contributed by atoms with van der Waals surface area (Å²) in [7, 11) is 7.42. The number of hydrogen-bond acceptors (Lipinski definition) is 6. The molecule has 1 aliphatic rings. The molecule has 0 N–H and O–H groups in total. The molecule has 184 valence electrons. The highest BCUT2D eigenvalue weighted by molar-refractivity contribution is 5.97. The fourth-order valence-corrected chi connectivity index (χ4v) is 4.01. The van der Waals surface area contributed by atoms with Gasteiger partial charge in [0.2, 0.25) is 0 Å². The van der Waals surface area contributed by atoms with Crippen molar-refractivity contribution in [3.8, 4) is 0 Å². The van der Waals surface area contributed by atoms with Crippen LogP contribution in [0.3, 0.4) is 0 Å². The molecule has 1 saturated carbocycles. The number of hydrogen-bond donors (Lipinski definition) is 0. The molecule has 7 heteroatoms. The third kappa shape index (κ3) is 6.49. The highest BCUT2D eigenvalue weighted by atomic mass is 16.5. The standard InChI is InChI=1S/C27H39N5O2/c1-8-22(34-9-2)16-23(33-7)14-19(3)32(18-20-10-11-20)21-12-13-24-25(15-21)30-26(17-29-24)27(28-4)31(5)6/h12-17,19-20H,8-11,18H2,1-7H3/b22-16+,23-14+,28-27?. The molecular formula is C27H39N5O2. The second-order valence-electron chi connectivity index (χ2n) is 8.88. The average Bonchev–Trinajstić information content (AvgIpc) is 3.65. The molecule has 0 radical (unpaired) electrons. The predicted molar refractivity (Wildman–Crippen MR) is 140 cm³/mol. The van der Waals surface area contributed by atoms with E-state index in [0.717, 1.165) is 58.7 Å². The fraction of sp³-hybridized carbons (Fsp3) is 0.519. The summed E-state index contributed by atoms with van der Waals surface area (Å²) in [6, 6.07) is 6.47. The highest BCUT2D eigenvalue weighted by Crippen LogP contribution is 2.33. The van der Waals surface area contributed by atoms with Gasteiger partial charge in [-0.2, -0.15) is 0 Å². The number of anilines is 1. The van der Waals surface area contributed by atoms with Gasteiger partial charge in [0.15, 0.2) is 5.84 Å². The van der Waals surface area contributed by atoms with Gasteiger partial charge in [-0.25, -0.2) is 4.98 Å². The molecule has 34 heavy (non-hydrogen) atoms. The van der Waals surface area contributed by atoms with Crippen molar-refractivity contribution in [1.29, 1.82) is 0 Å². The Morgan fingerprint density at radius 3 is 2.59 bits per heavy atom. The van der Waals surface area contributed by atoms with Crippen LogP contribution in [0.4, 0.5) is 5.69 Å². The van der Waals surface area contributed by atoms with Crippen molar-refractivity contribution in [2.24, 2.45) is 10.9 Å². The highest BCUT2D eigenvalue weighted by Gasteiger charge is 2.27. The van der Waals surface area contributed by atoms with Crippen LogP contribution in [0.2, 0.25) is 0 Å². The van der Waals surface area contributed by atoms with Crippen molar-refractivity contribution >= 4 is 22.6 Å². The first-order valence-electron chi connectivity index (χ1n) is 12.2. The van der Waals surface area contributed by atoms with Gasteiger partial charge in [0.05, 0.1) is 36.7 Å². The summed E-state index contributed by atoms with van der Waals surface area (Å²) in [6.45, 7) is 7.96. The van der Waals surface area contributed by atoms with Crippen LogP contribution < -0.4 is 4.90 Å². The fourth-order valence-electron chi connectivity index (χ4n) is 4.01. The number of aromatic nitrogens is 2. The first-order valence-corrected chi connectivity index (χ1v) is 12.2. The molecule has 0 saturated heterocycles. The minimum absolute atomic E-state index is 0.134. The number of methoxy groups -OCH3 is 1. The Hall–Kier alpha value is -3.09. The molecule has 2 aromatic rings. The third-order valence-corrected chi connectivity index (χ3v) is 5.99. The number of ether oxygens (including phenoxy) is 2. The van der Waals surface area contributed by atoms with Gasteiger partial charge in [-0.1, -0.05) is 6.92 Å². The maximum absolute atomic E-state index is 5.73. The predicted octanol–water partition coefficient (Wildman–Crippen LogP) is 5.03. The summed E-state index contributed by atoms with van der Waals surface area (Å²) in [5.74, 6) is 3.28. The zero-order valence-electron chi connectivity index (χ0n) is 21.7. The van der Waals surface area contributed by atoms with E-state index in [1.807, 2.05) is 32.0 Å². The Morgan fingerprint density at radius 2 is 2.00 bits per heavy atom. The van der Waals surface area contributed by atoms with Gasteiger partial charge in [-0.3, -0.25) is 9.98 Å². The van der Waals surface area contributed by atoms with E-state index in [1.54, 1.807) is 20.4 Å². The Labute approximate surface area is 204 Å². The van der Waals surface area contributed by atoms with E-state index in [1.165, 1.54) is 12.8 Å². The van der Waals surface area contributed by atoms with E-state index in [-0.39, 0.29) is 6.04 Å². The summed E-state index contributed by atoms with van der Waals surface area (Å²) < 4.78 is 11.4. The smallest absolute Gasteiger partial charge is 0.150 e. The Balaban J connectivity index is 1.96. The molecule has 1 aromatic heterocycles. The quantitative estimate of drug-likeness (QED) is 0.201. The summed E-state index contributed by atoms with van der Waals surface area (Å²) in [6.07, 6.45) is 9.35. The Kier molecular flexibility index (Phi) is 8.91. The summed E-state index contributed by atoms with van der Waals surface area (Å²) in [5, 5.41) is 0. The molecule has 0 spiro atoms. The van der Waals surface area contributed by atoms with Crippen molar-refractivity contribution in [2.45, 2.75) is 46.1 Å². The van der Waals surface area contributed by atoms with Crippen molar-refractivity contribution in [2.75, 3.05) is 46.3 Å². The molecule has 0 aliphatic heterocycles. The summed E-state index contributed by atoms with van der Waals surface area (Å²) >= 11 is 0. The van der Waals surface area contributed by atoms with Gasteiger partial charge in [-0.15, -0.1) is 0 Å². The van der Waals surface area contributed by atoms with E-state index in [2.05, 4.69) is 53.0 Å². The number of benzene rings is 1. The van der Waals surface area contributed by atoms with E-state index in [0.29, 0.717) is 6.61 Å². The van der Waals surface area contributed by atoms with Crippen LogP contribution in [0.25, 0.3) is 11.0 Å². The van der Waals surface area contributed by atoms with Gasteiger partial charge >= 0.3 is 0 Å². The lowest BCUT2D eigenvalue weighted by atomic mass is 10.1. The van der Waals surface area contributed by atoms with E-state index in [9.17, 15) is 0 Å². The molecular weight excluding hydrogens is 426 g/mol. The normalized spacial score (nSPS) is 15.9. The molecule has 1 aromatic carbocycles. The first-order chi connectivity index (χ1) is 16.4. The van der Waals surface area contributed by atoms with Crippen LogP contribution in [0, 0.1) is 5.92 Å². The van der Waals surface area contributed by atoms with Crippen molar-refractivity contribution < 1.29 is 9.47 Å². The van der Waals surface area contributed by atoms with Crippen LogP contribution in [-0.4, -0.2) is 68.1 Å². The maximum atomic E-state index is 5.73. The molecule has 7 nitrogen and oxygen atoms in total. The lowest BCUT2D eigenvalue weighted by Gasteiger charge is -2.30. The summed E-state index contributed by atoms with van der Waals surface area (Å²) in [5.41, 5.74) is 3.65. The lowest BCUT2D eigenvalue weighted by molar-refractivity contribution is 0.216. The number of allylic oxidation sites excluding steroid dienone is 2. The van der Waals surface area contributed by atoms with Crippen molar-refractivity contribution in [3.63, 3.8) is 0 Å². The van der Waals surface area contributed by atoms with E-state index in [4.69, 9.17) is 14.5 Å². The largest absolute Gasteiger partial charge is 0.498 e. The number of fused-ring (bicyclic) bond motifs is 1. The number of amidine groups is 1. The van der Waals surface area contributed by atoms with Crippen LogP contribution in [0.5, 0.6) is 0 Å². The Morgan fingerprint density at radius 1 is 1.24 bits per heavy atom. The van der Waals surface area contributed by atoms with Crippen LogP contribution >= 0.6 is 0 Å². The van der Waals surface area contributed by atoms with E-state index >= 15 is 0 Å². The van der Waals surface area contributed by atoms with Gasteiger partial charge in [0.25, 0.3) is 0 Å². The first kappa shape index (κ1) is 25.5. The van der Waals surface area contributed by atoms with Gasteiger partial charge in [0, 0.05) is 51.9 Å². The molecule has 3 rings (SSSR count). The van der Waals surface area contributed by atoms with Gasteiger partial charge < -0.3 is 19.3 Å². The molecule has 0 amide bonds. The lowest BCUT2D eigenvalue weighted by Crippen LogP contribution is -2.34. The SMILES string of the molecule is CCO/C(=C/C(=C\C(C)N(CC1CC1)c1ccc2ncc(C(=NC)N(C)C)nc2c1)OC)CC. The van der Waals surface area contributed by atoms with Crippen molar-refractivity contribution in [3.05, 3.63) is 53.8 Å². The van der Waals surface area contributed by atoms with E-state index < -0.39 is 0 Å². The molecule has 1 unspecified atom stereocenters. The second-order valence-corrected chi connectivity index (χ2v) is 8.88. The molecule has 1 atom stereocenters. The molecule has 1 heterocycles. The van der Waals surface area contributed by atoms with Crippen LogP contribution in [0.15, 0.2) is 53.1 Å². The molecule has 0 bridgehead atoms. The monoisotopic (exact) mass is 465 g/mol. The number of nitrogens with zero attached hydrogens (tertiary/aromatic N) is 5. The van der Waals surface area contributed by atoms with Crippen LogP contribution in [-0.2, 0) is 9.47 Å². The molecule has 1 aliphatic carbocycles. The summed E-state index contributed by atoms with van der Waals surface area (Å²) in [4.78, 5) is 18.3. The number of rotatable bonds is 11. The average molecular weight is 466 g/mol. The third-order valence-electron chi connectivity index (χ3n) is 5.99. The number of aliphatic imine (C=N–C) groups is 1. The second kappa shape index (κ2) is 11.9. The van der Waals surface area contributed by atoms with Gasteiger partial charge in [-0.05, 0) is 56.9 Å². The Bertz CT molecular complexity index is 1060. The minimum Gasteiger partial charge on any atom is -0.498 e. The van der Waals surface area contributed by atoms with Gasteiger partial charge in [0.1, 0.15) is 11.5 Å². The minimum atomic E-state index is 0.134. The molecule has 1 fully saturated rings. The zero-order valence-corrected chi connectivity index (χ0v) is 21.7.